The molecular formula is C12H25NO3. The number of amides is 1. The molecule has 0 spiro atoms. The zero-order chi connectivity index (χ0) is 12.4. The van der Waals surface area contributed by atoms with Crippen LogP contribution in [0.1, 0.15) is 40.0 Å². The van der Waals surface area contributed by atoms with Gasteiger partial charge in [0, 0.05) is 13.0 Å². The fourth-order valence-electron chi connectivity index (χ4n) is 1.46. The number of carbonyl (C=O) groups is 1. The Kier molecular flexibility index (Phi) is 9.24. The molecule has 2 N–H and O–H groups in total. The lowest BCUT2D eigenvalue weighted by Gasteiger charge is -2.18. The minimum Gasteiger partial charge on any atom is -0.394 e. The maximum absolute atomic E-state index is 11.5. The predicted octanol–water partition coefficient (Wildman–Crippen LogP) is 1.33. The van der Waals surface area contributed by atoms with Crippen LogP contribution in [0.15, 0.2) is 0 Å². The molecule has 0 fully saturated rings. The SMILES string of the molecule is CCCOCCC(=O)NC(CO)CC(C)C. The van der Waals surface area contributed by atoms with Crippen molar-refractivity contribution in [2.24, 2.45) is 5.92 Å². The van der Waals surface area contributed by atoms with Gasteiger partial charge in [0.2, 0.25) is 5.91 Å². The van der Waals surface area contributed by atoms with Gasteiger partial charge in [-0.25, -0.2) is 0 Å². The smallest absolute Gasteiger partial charge is 0.222 e. The second-order valence-electron chi connectivity index (χ2n) is 4.44. The van der Waals surface area contributed by atoms with Gasteiger partial charge in [0.1, 0.15) is 0 Å². The molecule has 0 bridgehead atoms. The van der Waals surface area contributed by atoms with Gasteiger partial charge in [-0.1, -0.05) is 20.8 Å². The Morgan fingerprint density at radius 2 is 2.06 bits per heavy atom. The Morgan fingerprint density at radius 3 is 2.56 bits per heavy atom. The van der Waals surface area contributed by atoms with Crippen molar-refractivity contribution in [3.8, 4) is 0 Å². The Hall–Kier alpha value is -0.610. The summed E-state index contributed by atoms with van der Waals surface area (Å²) < 4.78 is 5.23. The lowest BCUT2D eigenvalue weighted by Crippen LogP contribution is -2.38. The van der Waals surface area contributed by atoms with Gasteiger partial charge >= 0.3 is 0 Å². The maximum Gasteiger partial charge on any atom is 0.222 e. The van der Waals surface area contributed by atoms with Crippen LogP contribution >= 0.6 is 0 Å². The largest absolute Gasteiger partial charge is 0.394 e. The van der Waals surface area contributed by atoms with Crippen LogP contribution in [0.2, 0.25) is 0 Å². The molecule has 1 atom stereocenters. The molecule has 0 rings (SSSR count). The van der Waals surface area contributed by atoms with E-state index in [9.17, 15) is 4.79 Å². The van der Waals surface area contributed by atoms with Crippen molar-refractivity contribution >= 4 is 5.91 Å². The molecule has 16 heavy (non-hydrogen) atoms. The van der Waals surface area contributed by atoms with E-state index in [-0.39, 0.29) is 18.6 Å². The number of carbonyl (C=O) groups excluding carboxylic acids is 1. The minimum atomic E-state index is -0.126. The fourth-order valence-corrected chi connectivity index (χ4v) is 1.46. The van der Waals surface area contributed by atoms with Gasteiger partial charge in [-0.05, 0) is 18.8 Å². The van der Waals surface area contributed by atoms with Gasteiger partial charge in [-0.2, -0.15) is 0 Å². The van der Waals surface area contributed by atoms with E-state index in [0.717, 1.165) is 12.8 Å². The molecule has 0 saturated carbocycles. The number of rotatable bonds is 9. The molecule has 4 nitrogen and oxygen atoms in total. The minimum absolute atomic E-state index is 0.000261. The first kappa shape index (κ1) is 15.4. The number of hydrogen-bond acceptors (Lipinski definition) is 3. The molecular weight excluding hydrogens is 206 g/mol. The molecule has 0 aromatic rings. The van der Waals surface area contributed by atoms with Crippen molar-refractivity contribution in [1.29, 1.82) is 0 Å². The molecule has 4 heteroatoms. The molecule has 0 radical (unpaired) electrons. The van der Waals surface area contributed by atoms with E-state index < -0.39 is 0 Å². The summed E-state index contributed by atoms with van der Waals surface area (Å²) in [4.78, 5) is 11.5. The summed E-state index contributed by atoms with van der Waals surface area (Å²) in [5, 5.41) is 11.9. The Morgan fingerprint density at radius 1 is 1.38 bits per heavy atom. The van der Waals surface area contributed by atoms with Crippen molar-refractivity contribution in [2.75, 3.05) is 19.8 Å². The van der Waals surface area contributed by atoms with Crippen molar-refractivity contribution < 1.29 is 14.6 Å². The van der Waals surface area contributed by atoms with Crippen LogP contribution < -0.4 is 5.32 Å². The van der Waals surface area contributed by atoms with E-state index in [4.69, 9.17) is 9.84 Å². The summed E-state index contributed by atoms with van der Waals surface area (Å²) in [5.74, 6) is 0.421. The summed E-state index contributed by atoms with van der Waals surface area (Å²) in [6.45, 7) is 7.32. The molecule has 0 saturated heterocycles. The van der Waals surface area contributed by atoms with Crippen LogP contribution in [0.25, 0.3) is 0 Å². The lowest BCUT2D eigenvalue weighted by atomic mass is 10.0. The van der Waals surface area contributed by atoms with Gasteiger partial charge in [-0.15, -0.1) is 0 Å². The van der Waals surface area contributed by atoms with Crippen molar-refractivity contribution in [3.05, 3.63) is 0 Å². The Labute approximate surface area is 98.4 Å². The summed E-state index contributed by atoms with van der Waals surface area (Å²) in [5.41, 5.74) is 0. The average Bonchev–Trinajstić information content (AvgIpc) is 2.23. The molecule has 1 amide bonds. The van der Waals surface area contributed by atoms with Gasteiger partial charge in [-0.3, -0.25) is 4.79 Å². The highest BCUT2D eigenvalue weighted by Gasteiger charge is 2.12. The quantitative estimate of drug-likeness (QED) is 0.588. The number of ether oxygens (including phenoxy) is 1. The predicted molar refractivity (Wildman–Crippen MR) is 64.2 cm³/mol. The first-order valence-corrected chi connectivity index (χ1v) is 6.08. The molecule has 1 unspecified atom stereocenters. The third kappa shape index (κ3) is 8.68. The summed E-state index contributed by atoms with van der Waals surface area (Å²) in [6, 6.07) is -0.126. The topological polar surface area (TPSA) is 58.6 Å². The van der Waals surface area contributed by atoms with E-state index in [1.54, 1.807) is 0 Å². The van der Waals surface area contributed by atoms with Crippen molar-refractivity contribution in [2.45, 2.75) is 46.1 Å². The van der Waals surface area contributed by atoms with Crippen LogP contribution in [0.4, 0.5) is 0 Å². The molecule has 0 aliphatic carbocycles. The molecule has 0 heterocycles. The summed E-state index contributed by atoms with van der Waals surface area (Å²) in [7, 11) is 0. The molecule has 0 aromatic carbocycles. The zero-order valence-corrected chi connectivity index (χ0v) is 10.7. The fraction of sp³-hybridized carbons (Fsp3) is 0.917. The first-order chi connectivity index (χ1) is 7.60. The monoisotopic (exact) mass is 231 g/mol. The van der Waals surface area contributed by atoms with Crippen molar-refractivity contribution in [3.63, 3.8) is 0 Å². The second kappa shape index (κ2) is 9.60. The molecule has 96 valence electrons. The van der Waals surface area contributed by atoms with E-state index in [1.807, 2.05) is 6.92 Å². The number of hydrogen-bond donors (Lipinski definition) is 2. The van der Waals surface area contributed by atoms with E-state index in [2.05, 4.69) is 19.2 Å². The first-order valence-electron chi connectivity index (χ1n) is 6.08. The normalized spacial score (nSPS) is 12.8. The standard InChI is InChI=1S/C12H25NO3/c1-4-6-16-7-5-12(15)13-11(9-14)8-10(2)3/h10-11,14H,4-9H2,1-3H3,(H,13,15). The van der Waals surface area contributed by atoms with E-state index >= 15 is 0 Å². The number of aliphatic hydroxyl groups excluding tert-OH is 1. The van der Waals surface area contributed by atoms with Gasteiger partial charge in [0.05, 0.1) is 19.3 Å². The third-order valence-electron chi connectivity index (χ3n) is 2.16. The Balaban J connectivity index is 3.66. The highest BCUT2D eigenvalue weighted by atomic mass is 16.5. The second-order valence-corrected chi connectivity index (χ2v) is 4.44. The lowest BCUT2D eigenvalue weighted by molar-refractivity contribution is -0.123. The number of aliphatic hydroxyl groups is 1. The van der Waals surface area contributed by atoms with Crippen LogP contribution in [0.3, 0.4) is 0 Å². The van der Waals surface area contributed by atoms with Crippen molar-refractivity contribution in [1.82, 2.24) is 5.32 Å². The Bertz CT molecular complexity index is 183. The highest BCUT2D eigenvalue weighted by molar-refractivity contribution is 5.76. The average molecular weight is 231 g/mol. The molecule has 0 aliphatic heterocycles. The van der Waals surface area contributed by atoms with Crippen LogP contribution in [0.5, 0.6) is 0 Å². The zero-order valence-electron chi connectivity index (χ0n) is 10.7. The van der Waals surface area contributed by atoms with Gasteiger partial charge < -0.3 is 15.2 Å². The third-order valence-corrected chi connectivity index (χ3v) is 2.16. The summed E-state index contributed by atoms with van der Waals surface area (Å²) in [6.07, 6.45) is 2.14. The molecule has 0 aromatic heterocycles. The van der Waals surface area contributed by atoms with Gasteiger partial charge in [0.15, 0.2) is 0 Å². The van der Waals surface area contributed by atoms with E-state index in [1.165, 1.54) is 0 Å². The van der Waals surface area contributed by atoms with E-state index in [0.29, 0.717) is 25.6 Å². The number of nitrogens with one attached hydrogen (secondary N) is 1. The summed E-state index contributed by atoms with van der Waals surface area (Å²) >= 11 is 0. The van der Waals surface area contributed by atoms with Gasteiger partial charge in [0.25, 0.3) is 0 Å². The van der Waals surface area contributed by atoms with Crippen LogP contribution in [-0.2, 0) is 9.53 Å². The highest BCUT2D eigenvalue weighted by Crippen LogP contribution is 2.04. The van der Waals surface area contributed by atoms with Crippen LogP contribution in [0, 0.1) is 5.92 Å². The molecule has 0 aliphatic rings. The van der Waals surface area contributed by atoms with Crippen LogP contribution in [-0.4, -0.2) is 36.9 Å². The maximum atomic E-state index is 11.5.